The van der Waals surface area contributed by atoms with Gasteiger partial charge in [0.25, 0.3) is 0 Å². The Hall–Kier alpha value is -1.58. The lowest BCUT2D eigenvalue weighted by Crippen LogP contribution is -2.26. The lowest BCUT2D eigenvalue weighted by Gasteiger charge is -2.05. The first-order chi connectivity index (χ1) is 7.00. The molecule has 0 fully saturated rings. The van der Waals surface area contributed by atoms with Crippen molar-refractivity contribution in [3.8, 4) is 0 Å². The minimum Gasteiger partial charge on any atom is -0.478 e. The van der Waals surface area contributed by atoms with Gasteiger partial charge in [-0.1, -0.05) is 12.2 Å². The fraction of sp³-hybridized carbons (Fsp3) is 0.455. The molecule has 0 spiro atoms. The number of carbonyl (C=O) groups is 2. The fourth-order valence-corrected chi connectivity index (χ4v) is 0.899. The predicted molar refractivity (Wildman–Crippen MR) is 58.5 cm³/mol. The minimum atomic E-state index is -1.06. The zero-order valence-electron chi connectivity index (χ0n) is 9.33. The van der Waals surface area contributed by atoms with Crippen molar-refractivity contribution in [3.05, 3.63) is 23.3 Å². The van der Waals surface area contributed by atoms with Gasteiger partial charge in [-0.05, 0) is 27.2 Å². The summed E-state index contributed by atoms with van der Waals surface area (Å²) in [4.78, 5) is 22.0. The molecule has 4 nitrogen and oxygen atoms in total. The SMILES string of the molecule is C/C=C/CCNC(=O)/C(C)=C(/C)C(=O)O. The quantitative estimate of drug-likeness (QED) is 0.411. The van der Waals surface area contributed by atoms with Gasteiger partial charge in [-0.3, -0.25) is 4.79 Å². The van der Waals surface area contributed by atoms with Gasteiger partial charge in [0.05, 0.1) is 0 Å². The molecule has 0 aromatic carbocycles. The molecule has 0 saturated carbocycles. The topological polar surface area (TPSA) is 66.4 Å². The Bertz CT molecular complexity index is 303. The van der Waals surface area contributed by atoms with Crippen LogP contribution in [0.2, 0.25) is 0 Å². The lowest BCUT2D eigenvalue weighted by atomic mass is 10.1. The number of carboxylic acids is 1. The molecule has 84 valence electrons. The minimum absolute atomic E-state index is 0.0820. The molecule has 15 heavy (non-hydrogen) atoms. The van der Waals surface area contributed by atoms with E-state index in [1.807, 2.05) is 19.1 Å². The van der Waals surface area contributed by atoms with Gasteiger partial charge in [-0.15, -0.1) is 0 Å². The zero-order chi connectivity index (χ0) is 11.8. The summed E-state index contributed by atoms with van der Waals surface area (Å²) in [5.41, 5.74) is 0.335. The summed E-state index contributed by atoms with van der Waals surface area (Å²) in [5.74, 6) is -1.38. The maximum absolute atomic E-state index is 11.4. The van der Waals surface area contributed by atoms with Crippen molar-refractivity contribution in [2.75, 3.05) is 6.54 Å². The summed E-state index contributed by atoms with van der Waals surface area (Å²) in [6.07, 6.45) is 4.59. The van der Waals surface area contributed by atoms with Crippen LogP contribution in [0.15, 0.2) is 23.3 Å². The molecule has 0 rings (SSSR count). The van der Waals surface area contributed by atoms with Crippen LogP contribution in [0.3, 0.4) is 0 Å². The number of hydrogen-bond donors (Lipinski definition) is 2. The lowest BCUT2D eigenvalue weighted by molar-refractivity contribution is -0.133. The number of nitrogens with one attached hydrogen (secondary N) is 1. The molecule has 0 bridgehead atoms. The highest BCUT2D eigenvalue weighted by Crippen LogP contribution is 2.03. The van der Waals surface area contributed by atoms with Crippen molar-refractivity contribution in [2.24, 2.45) is 0 Å². The largest absolute Gasteiger partial charge is 0.478 e. The highest BCUT2D eigenvalue weighted by Gasteiger charge is 2.11. The second-order valence-corrected chi connectivity index (χ2v) is 3.17. The Morgan fingerprint density at radius 3 is 2.33 bits per heavy atom. The van der Waals surface area contributed by atoms with Crippen LogP contribution in [-0.2, 0) is 9.59 Å². The smallest absolute Gasteiger partial charge is 0.331 e. The highest BCUT2D eigenvalue weighted by molar-refractivity contribution is 6.01. The third-order valence-electron chi connectivity index (χ3n) is 2.06. The van der Waals surface area contributed by atoms with Gasteiger partial charge in [0.15, 0.2) is 0 Å². The number of allylic oxidation sites excluding steroid dienone is 1. The van der Waals surface area contributed by atoms with Gasteiger partial charge >= 0.3 is 5.97 Å². The summed E-state index contributed by atoms with van der Waals surface area (Å²) < 4.78 is 0. The summed E-state index contributed by atoms with van der Waals surface area (Å²) in [6, 6.07) is 0. The molecular formula is C11H17NO3. The van der Waals surface area contributed by atoms with Gasteiger partial charge in [0.2, 0.25) is 5.91 Å². The van der Waals surface area contributed by atoms with Crippen LogP contribution in [0.1, 0.15) is 27.2 Å². The maximum atomic E-state index is 11.4. The first kappa shape index (κ1) is 13.4. The Kier molecular flexibility index (Phi) is 6.09. The maximum Gasteiger partial charge on any atom is 0.331 e. The van der Waals surface area contributed by atoms with Crippen LogP contribution in [0.25, 0.3) is 0 Å². The van der Waals surface area contributed by atoms with E-state index >= 15 is 0 Å². The molecule has 4 heteroatoms. The monoisotopic (exact) mass is 211 g/mol. The zero-order valence-corrected chi connectivity index (χ0v) is 9.33. The molecule has 0 saturated heterocycles. The van der Waals surface area contributed by atoms with Gasteiger partial charge in [-0.25, -0.2) is 4.79 Å². The van der Waals surface area contributed by atoms with Gasteiger partial charge in [0.1, 0.15) is 0 Å². The number of aliphatic carboxylic acids is 1. The molecule has 1 amide bonds. The van der Waals surface area contributed by atoms with E-state index in [4.69, 9.17) is 5.11 Å². The first-order valence-corrected chi connectivity index (χ1v) is 4.80. The van der Waals surface area contributed by atoms with Crippen LogP contribution in [-0.4, -0.2) is 23.5 Å². The number of hydrogen-bond acceptors (Lipinski definition) is 2. The molecule has 0 aliphatic carbocycles. The summed E-state index contributed by atoms with van der Waals surface area (Å²) in [7, 11) is 0. The van der Waals surface area contributed by atoms with Crippen LogP contribution in [0.4, 0.5) is 0 Å². The molecule has 0 heterocycles. The third kappa shape index (κ3) is 5.00. The van der Waals surface area contributed by atoms with E-state index in [0.717, 1.165) is 6.42 Å². The van der Waals surface area contributed by atoms with Crippen LogP contribution in [0.5, 0.6) is 0 Å². The summed E-state index contributed by atoms with van der Waals surface area (Å²) in [6.45, 7) is 5.35. The van der Waals surface area contributed by atoms with Crippen molar-refractivity contribution in [1.82, 2.24) is 5.32 Å². The van der Waals surface area contributed by atoms with E-state index in [1.54, 1.807) is 0 Å². The molecule has 0 unspecified atom stereocenters. The average Bonchev–Trinajstić information content (AvgIpc) is 2.21. The summed E-state index contributed by atoms with van der Waals surface area (Å²) >= 11 is 0. The molecule has 0 aromatic rings. The number of amides is 1. The van der Waals surface area contributed by atoms with E-state index in [1.165, 1.54) is 13.8 Å². The van der Waals surface area contributed by atoms with E-state index in [2.05, 4.69) is 5.32 Å². The van der Waals surface area contributed by atoms with Gasteiger partial charge in [-0.2, -0.15) is 0 Å². The number of carboxylic acid groups (broad SMARTS) is 1. The van der Waals surface area contributed by atoms with Crippen LogP contribution in [0, 0.1) is 0 Å². The second-order valence-electron chi connectivity index (χ2n) is 3.17. The Balaban J connectivity index is 4.22. The van der Waals surface area contributed by atoms with E-state index in [0.29, 0.717) is 6.54 Å². The van der Waals surface area contributed by atoms with Crippen LogP contribution < -0.4 is 5.32 Å². The first-order valence-electron chi connectivity index (χ1n) is 4.80. The van der Waals surface area contributed by atoms with Gasteiger partial charge in [0, 0.05) is 17.7 Å². The molecular weight excluding hydrogens is 194 g/mol. The van der Waals surface area contributed by atoms with E-state index in [9.17, 15) is 9.59 Å². The fourth-order valence-electron chi connectivity index (χ4n) is 0.899. The van der Waals surface area contributed by atoms with Crippen molar-refractivity contribution < 1.29 is 14.7 Å². The van der Waals surface area contributed by atoms with Crippen molar-refractivity contribution >= 4 is 11.9 Å². The molecule has 0 aliphatic rings. The molecule has 0 radical (unpaired) electrons. The van der Waals surface area contributed by atoms with E-state index < -0.39 is 5.97 Å². The van der Waals surface area contributed by atoms with Crippen molar-refractivity contribution in [2.45, 2.75) is 27.2 Å². The molecule has 2 N–H and O–H groups in total. The van der Waals surface area contributed by atoms with Gasteiger partial charge < -0.3 is 10.4 Å². The standard InChI is InChI=1S/C11H17NO3/c1-4-5-6-7-12-10(13)8(2)9(3)11(14)15/h4-5H,6-7H2,1-3H3,(H,12,13)(H,14,15)/b5-4+,9-8-. The predicted octanol–water partition coefficient (Wildman–Crippen LogP) is 1.49. The van der Waals surface area contributed by atoms with Crippen molar-refractivity contribution in [1.29, 1.82) is 0 Å². The Morgan fingerprint density at radius 2 is 1.87 bits per heavy atom. The average molecular weight is 211 g/mol. The normalized spacial score (nSPS) is 12.5. The Morgan fingerprint density at radius 1 is 1.27 bits per heavy atom. The van der Waals surface area contributed by atoms with Crippen LogP contribution >= 0.6 is 0 Å². The highest BCUT2D eigenvalue weighted by atomic mass is 16.4. The van der Waals surface area contributed by atoms with Crippen molar-refractivity contribution in [3.63, 3.8) is 0 Å². The molecule has 0 aliphatic heterocycles. The number of rotatable bonds is 5. The summed E-state index contributed by atoms with van der Waals surface area (Å²) in [5, 5.41) is 11.3. The third-order valence-corrected chi connectivity index (χ3v) is 2.06. The molecule has 0 aromatic heterocycles. The van der Waals surface area contributed by atoms with E-state index in [-0.39, 0.29) is 17.1 Å². The number of carbonyl (C=O) groups excluding carboxylic acids is 1. The second kappa shape index (κ2) is 6.81. The molecule has 0 atom stereocenters. The Labute approximate surface area is 89.7 Å².